The Balaban J connectivity index is 3.72. The Morgan fingerprint density at radius 3 is 2.19 bits per heavy atom. The number of carbonyl (C=O) groups excluding carboxylic acids is 2. The molecule has 0 spiro atoms. The lowest BCUT2D eigenvalue weighted by atomic mass is 10.2. The van der Waals surface area contributed by atoms with Crippen LogP contribution in [0.2, 0.25) is 0 Å². The Morgan fingerprint density at radius 2 is 1.81 bits per heavy atom. The van der Waals surface area contributed by atoms with Crippen LogP contribution < -0.4 is 11.5 Å². The van der Waals surface area contributed by atoms with Gasteiger partial charge in [0.2, 0.25) is 0 Å². The van der Waals surface area contributed by atoms with Gasteiger partial charge in [0, 0.05) is 6.20 Å². The Labute approximate surface area is 90.0 Å². The van der Waals surface area contributed by atoms with E-state index in [2.05, 4.69) is 4.98 Å². The van der Waals surface area contributed by atoms with Crippen LogP contribution in [0.1, 0.15) is 20.8 Å². The van der Waals surface area contributed by atoms with Crippen LogP contribution in [0.15, 0.2) is 17.2 Å². The maximum Gasteiger partial charge on any atom is 0.295 e. The number of carbonyl (C=O) groups is 2. The molecule has 0 aliphatic rings. The van der Waals surface area contributed by atoms with Gasteiger partial charge in [0.25, 0.3) is 21.9 Å². The van der Waals surface area contributed by atoms with E-state index < -0.39 is 38.1 Å². The average molecular weight is 245 g/mol. The minimum Gasteiger partial charge on any atom is -0.365 e. The third-order valence-electron chi connectivity index (χ3n) is 1.67. The molecule has 1 aromatic rings. The van der Waals surface area contributed by atoms with Crippen LogP contribution in [0.4, 0.5) is 0 Å². The first kappa shape index (κ1) is 12.1. The van der Waals surface area contributed by atoms with Gasteiger partial charge in [-0.25, -0.2) is 0 Å². The first-order valence-corrected chi connectivity index (χ1v) is 5.25. The monoisotopic (exact) mass is 245 g/mol. The van der Waals surface area contributed by atoms with Crippen molar-refractivity contribution in [2.24, 2.45) is 11.5 Å². The Morgan fingerprint density at radius 1 is 1.25 bits per heavy atom. The van der Waals surface area contributed by atoms with E-state index in [1.54, 1.807) is 0 Å². The molecule has 0 atom stereocenters. The zero-order valence-electron chi connectivity index (χ0n) is 7.75. The van der Waals surface area contributed by atoms with Crippen LogP contribution in [-0.4, -0.2) is 29.8 Å². The Bertz CT molecular complexity index is 565. The van der Waals surface area contributed by atoms with Crippen LogP contribution in [-0.2, 0) is 10.1 Å². The topological polar surface area (TPSA) is 153 Å². The molecular weight excluding hydrogens is 238 g/mol. The summed E-state index contributed by atoms with van der Waals surface area (Å²) in [6, 6.07) is 0.835. The minimum atomic E-state index is -4.68. The van der Waals surface area contributed by atoms with Crippen LogP contribution in [0.5, 0.6) is 0 Å². The third-order valence-corrected chi connectivity index (χ3v) is 2.57. The van der Waals surface area contributed by atoms with E-state index >= 15 is 0 Å². The van der Waals surface area contributed by atoms with E-state index in [9.17, 15) is 18.0 Å². The second kappa shape index (κ2) is 3.87. The van der Waals surface area contributed by atoms with Crippen LogP contribution >= 0.6 is 0 Å². The standard InChI is InChI=1S/C7H7N3O5S/c8-6(11)4-3(16(13,14)15)1-2-10-5(4)7(9)12/h1-2H,(H2,8,11)(H2,9,12)(H,13,14,15). The molecule has 0 saturated carbocycles. The molecule has 1 heterocycles. The van der Waals surface area contributed by atoms with Crippen molar-refractivity contribution in [3.05, 3.63) is 23.5 Å². The van der Waals surface area contributed by atoms with Gasteiger partial charge in [-0.05, 0) is 6.07 Å². The molecule has 16 heavy (non-hydrogen) atoms. The quantitative estimate of drug-likeness (QED) is 0.552. The van der Waals surface area contributed by atoms with E-state index in [1.807, 2.05) is 0 Å². The van der Waals surface area contributed by atoms with Gasteiger partial charge < -0.3 is 11.5 Å². The molecule has 0 radical (unpaired) electrons. The Hall–Kier alpha value is -2.00. The zero-order valence-corrected chi connectivity index (χ0v) is 8.56. The highest BCUT2D eigenvalue weighted by atomic mass is 32.2. The zero-order chi connectivity index (χ0) is 12.5. The van der Waals surface area contributed by atoms with Crippen molar-refractivity contribution in [3.63, 3.8) is 0 Å². The van der Waals surface area contributed by atoms with Crippen molar-refractivity contribution in [3.8, 4) is 0 Å². The second-order valence-corrected chi connectivity index (χ2v) is 4.13. The first-order chi connectivity index (χ1) is 7.25. The van der Waals surface area contributed by atoms with Gasteiger partial charge in [0.1, 0.15) is 10.6 Å². The minimum absolute atomic E-state index is 0.609. The van der Waals surface area contributed by atoms with Gasteiger partial charge in [-0.3, -0.25) is 19.1 Å². The summed E-state index contributed by atoms with van der Waals surface area (Å²) in [4.78, 5) is 24.5. The molecule has 9 heteroatoms. The summed E-state index contributed by atoms with van der Waals surface area (Å²) in [5.41, 5.74) is 8.43. The van der Waals surface area contributed by atoms with Crippen LogP contribution in [0.3, 0.4) is 0 Å². The van der Waals surface area contributed by atoms with E-state index in [0.717, 1.165) is 12.3 Å². The molecule has 5 N–H and O–H groups in total. The number of pyridine rings is 1. The maximum atomic E-state index is 11.0. The van der Waals surface area contributed by atoms with Crippen molar-refractivity contribution in [1.29, 1.82) is 0 Å². The summed E-state index contributed by atoms with van der Waals surface area (Å²) in [5.74, 6) is -2.35. The summed E-state index contributed by atoms with van der Waals surface area (Å²) in [6.07, 6.45) is 0.912. The highest BCUT2D eigenvalue weighted by molar-refractivity contribution is 7.86. The highest BCUT2D eigenvalue weighted by Gasteiger charge is 2.25. The SMILES string of the molecule is NC(=O)c1nccc(S(=O)(=O)O)c1C(N)=O. The lowest BCUT2D eigenvalue weighted by molar-refractivity contribution is 0.0961. The molecule has 2 amide bonds. The number of hydrogen-bond acceptors (Lipinski definition) is 5. The molecule has 0 bridgehead atoms. The summed E-state index contributed by atoms with van der Waals surface area (Å²) >= 11 is 0. The predicted octanol–water partition coefficient (Wildman–Crippen LogP) is -1.47. The fraction of sp³-hybridized carbons (Fsp3) is 0. The van der Waals surface area contributed by atoms with Crippen LogP contribution in [0, 0.1) is 0 Å². The normalized spacial score (nSPS) is 11.1. The number of nitrogens with zero attached hydrogens (tertiary/aromatic N) is 1. The summed E-state index contributed by atoms with van der Waals surface area (Å²) in [6.45, 7) is 0. The predicted molar refractivity (Wildman–Crippen MR) is 51.1 cm³/mol. The Kier molecular flexibility index (Phi) is 2.92. The number of rotatable bonds is 3. The van der Waals surface area contributed by atoms with Gasteiger partial charge in [0.15, 0.2) is 0 Å². The number of nitrogens with two attached hydrogens (primary N) is 2. The number of amides is 2. The summed E-state index contributed by atoms with van der Waals surface area (Å²) in [7, 11) is -4.68. The van der Waals surface area contributed by atoms with Crippen molar-refractivity contribution in [2.45, 2.75) is 4.90 Å². The fourth-order valence-electron chi connectivity index (χ4n) is 1.08. The smallest absolute Gasteiger partial charge is 0.295 e. The average Bonchev–Trinajstić information content (AvgIpc) is 2.14. The number of hydrogen-bond donors (Lipinski definition) is 3. The number of aromatic nitrogens is 1. The van der Waals surface area contributed by atoms with Crippen molar-refractivity contribution in [1.82, 2.24) is 4.98 Å². The van der Waals surface area contributed by atoms with Crippen LogP contribution in [0.25, 0.3) is 0 Å². The van der Waals surface area contributed by atoms with Gasteiger partial charge in [-0.1, -0.05) is 0 Å². The number of primary amides is 2. The van der Waals surface area contributed by atoms with Gasteiger partial charge in [-0.15, -0.1) is 0 Å². The molecule has 0 fully saturated rings. The van der Waals surface area contributed by atoms with Crippen molar-refractivity contribution < 1.29 is 22.6 Å². The highest BCUT2D eigenvalue weighted by Crippen LogP contribution is 2.16. The molecular formula is C7H7N3O5S. The van der Waals surface area contributed by atoms with Gasteiger partial charge in [0.05, 0.1) is 5.56 Å². The van der Waals surface area contributed by atoms with E-state index in [0.29, 0.717) is 0 Å². The second-order valence-electron chi connectivity index (χ2n) is 2.74. The molecule has 8 nitrogen and oxygen atoms in total. The first-order valence-electron chi connectivity index (χ1n) is 3.81. The summed E-state index contributed by atoms with van der Waals surface area (Å²) in [5, 5.41) is 0. The van der Waals surface area contributed by atoms with Gasteiger partial charge in [-0.2, -0.15) is 8.42 Å². The molecule has 0 aliphatic heterocycles. The maximum absolute atomic E-state index is 11.0. The largest absolute Gasteiger partial charge is 0.365 e. The third kappa shape index (κ3) is 2.15. The molecule has 0 unspecified atom stereocenters. The molecule has 0 saturated heterocycles. The lowest BCUT2D eigenvalue weighted by Crippen LogP contribution is -2.24. The molecule has 1 rings (SSSR count). The molecule has 86 valence electrons. The molecule has 0 aromatic carbocycles. The van der Waals surface area contributed by atoms with Crippen molar-refractivity contribution >= 4 is 21.9 Å². The fourth-order valence-corrected chi connectivity index (χ4v) is 1.77. The molecule has 0 aliphatic carbocycles. The van der Waals surface area contributed by atoms with E-state index in [-0.39, 0.29) is 0 Å². The van der Waals surface area contributed by atoms with Crippen molar-refractivity contribution in [2.75, 3.05) is 0 Å². The lowest BCUT2D eigenvalue weighted by Gasteiger charge is -2.06. The van der Waals surface area contributed by atoms with E-state index in [1.165, 1.54) is 0 Å². The molecule has 1 aromatic heterocycles. The van der Waals surface area contributed by atoms with E-state index in [4.69, 9.17) is 16.0 Å². The summed E-state index contributed by atoms with van der Waals surface area (Å²) < 4.78 is 30.6. The van der Waals surface area contributed by atoms with Gasteiger partial charge >= 0.3 is 0 Å².